The number of ether oxygens (including phenoxy) is 1. The maximum absolute atomic E-state index is 12.6. The monoisotopic (exact) mass is 461 g/mol. The maximum Gasteiger partial charge on any atom is 0.255 e. The lowest BCUT2D eigenvalue weighted by atomic mass is 9.76. The molecule has 0 aliphatic heterocycles. The zero-order valence-electron chi connectivity index (χ0n) is 21.5. The number of hydrogen-bond acceptors (Lipinski definition) is 3. The van der Waals surface area contributed by atoms with Crippen LogP contribution in [0, 0.1) is 0 Å². The van der Waals surface area contributed by atoms with E-state index in [1.54, 1.807) is 6.07 Å². The predicted molar refractivity (Wildman–Crippen MR) is 141 cm³/mol. The van der Waals surface area contributed by atoms with Gasteiger partial charge >= 0.3 is 0 Å². The van der Waals surface area contributed by atoms with Gasteiger partial charge in [0.1, 0.15) is 11.5 Å². The first-order valence-corrected chi connectivity index (χ1v) is 12.4. The Morgan fingerprint density at radius 1 is 0.941 bits per heavy atom. The molecule has 0 fully saturated rings. The van der Waals surface area contributed by atoms with Crippen molar-refractivity contribution >= 4 is 16.7 Å². The molecule has 1 amide bonds. The molecule has 0 saturated carbocycles. The Labute approximate surface area is 204 Å². The number of amides is 1. The molecule has 3 rings (SSSR count). The number of carbonyl (C=O) groups excluding carboxylic acids is 1. The quantitative estimate of drug-likeness (QED) is 0.316. The van der Waals surface area contributed by atoms with E-state index < -0.39 is 0 Å². The summed E-state index contributed by atoms with van der Waals surface area (Å²) in [6.07, 6.45) is 2.77. The zero-order chi connectivity index (χ0) is 24.9. The fraction of sp³-hybridized carbons (Fsp3) is 0.433. The van der Waals surface area contributed by atoms with Crippen LogP contribution in [0.4, 0.5) is 0 Å². The van der Waals surface area contributed by atoms with Gasteiger partial charge in [-0.25, -0.2) is 0 Å². The number of phenols is 1. The molecule has 3 aromatic rings. The summed E-state index contributed by atoms with van der Waals surface area (Å²) >= 11 is 0. The Hall–Kier alpha value is -3.01. The minimum Gasteiger partial charge on any atom is -0.506 e. The van der Waals surface area contributed by atoms with Gasteiger partial charge in [0.15, 0.2) is 0 Å². The second kappa shape index (κ2) is 10.5. The van der Waals surface area contributed by atoms with E-state index in [9.17, 15) is 9.90 Å². The summed E-state index contributed by atoms with van der Waals surface area (Å²) in [6.45, 7) is 14.5. The first-order chi connectivity index (χ1) is 16.1. The van der Waals surface area contributed by atoms with Crippen molar-refractivity contribution in [3.8, 4) is 11.5 Å². The molecule has 2 N–H and O–H groups in total. The summed E-state index contributed by atoms with van der Waals surface area (Å²) in [5.74, 6) is 0.664. The van der Waals surface area contributed by atoms with Crippen LogP contribution in [0.25, 0.3) is 10.8 Å². The third-order valence-electron chi connectivity index (χ3n) is 7.27. The van der Waals surface area contributed by atoms with E-state index in [1.807, 2.05) is 30.3 Å². The van der Waals surface area contributed by atoms with Crippen molar-refractivity contribution in [1.82, 2.24) is 5.32 Å². The van der Waals surface area contributed by atoms with E-state index in [4.69, 9.17) is 4.74 Å². The second-order valence-electron chi connectivity index (χ2n) is 10.3. The van der Waals surface area contributed by atoms with E-state index in [2.05, 4.69) is 65.1 Å². The molecule has 0 bridgehead atoms. The van der Waals surface area contributed by atoms with Gasteiger partial charge < -0.3 is 15.2 Å². The lowest BCUT2D eigenvalue weighted by molar-refractivity contribution is 0.0949. The van der Waals surface area contributed by atoms with Crippen LogP contribution in [-0.2, 0) is 10.8 Å². The first kappa shape index (κ1) is 25.6. The maximum atomic E-state index is 12.6. The highest BCUT2D eigenvalue weighted by Crippen LogP contribution is 2.38. The molecule has 4 heteroatoms. The number of aromatic hydroxyl groups is 1. The molecule has 3 aromatic carbocycles. The standard InChI is InChI=1S/C30H39NO3/c1-7-29(3,4)22-15-17-26(25(20-22)30(5,6)8-2)34-19-11-18-31-28(33)24-16-14-21-12-9-10-13-23(21)27(24)32/h9-10,12-17,20,32H,7-8,11,18-19H2,1-6H3,(H,31,33). The van der Waals surface area contributed by atoms with Crippen LogP contribution in [-0.4, -0.2) is 24.2 Å². The van der Waals surface area contributed by atoms with Crippen LogP contribution in [0.2, 0.25) is 0 Å². The highest BCUT2D eigenvalue weighted by molar-refractivity contribution is 6.03. The minimum absolute atomic E-state index is 0.0109. The summed E-state index contributed by atoms with van der Waals surface area (Å²) in [7, 11) is 0. The predicted octanol–water partition coefficient (Wildman–Crippen LogP) is 7.12. The highest BCUT2D eigenvalue weighted by Gasteiger charge is 2.26. The molecule has 0 spiro atoms. The summed E-state index contributed by atoms with van der Waals surface area (Å²) in [4.78, 5) is 12.6. The lowest BCUT2D eigenvalue weighted by Crippen LogP contribution is -2.26. The minimum atomic E-state index is -0.276. The van der Waals surface area contributed by atoms with Crippen LogP contribution < -0.4 is 10.1 Å². The molecule has 0 saturated heterocycles. The van der Waals surface area contributed by atoms with E-state index in [0.717, 1.165) is 24.0 Å². The van der Waals surface area contributed by atoms with Gasteiger partial charge in [-0.15, -0.1) is 0 Å². The van der Waals surface area contributed by atoms with Crippen LogP contribution in [0.3, 0.4) is 0 Å². The van der Waals surface area contributed by atoms with Crippen molar-refractivity contribution in [3.63, 3.8) is 0 Å². The van der Waals surface area contributed by atoms with Crippen molar-refractivity contribution in [2.24, 2.45) is 0 Å². The third-order valence-corrected chi connectivity index (χ3v) is 7.27. The normalized spacial score (nSPS) is 12.1. The van der Waals surface area contributed by atoms with Gasteiger partial charge in [-0.1, -0.05) is 84.0 Å². The molecule has 0 aromatic heterocycles. The summed E-state index contributed by atoms with van der Waals surface area (Å²) in [6, 6.07) is 17.6. The smallest absolute Gasteiger partial charge is 0.255 e. The zero-order valence-corrected chi connectivity index (χ0v) is 21.5. The van der Waals surface area contributed by atoms with Crippen molar-refractivity contribution in [1.29, 1.82) is 0 Å². The average molecular weight is 462 g/mol. The van der Waals surface area contributed by atoms with Gasteiger partial charge in [-0.3, -0.25) is 4.79 Å². The Morgan fingerprint density at radius 2 is 1.65 bits per heavy atom. The Bertz CT molecular complexity index is 1150. The number of carbonyl (C=O) groups is 1. The van der Waals surface area contributed by atoms with E-state index in [-0.39, 0.29) is 22.5 Å². The number of phenolic OH excluding ortho intramolecular Hbond substituents is 1. The molecule has 0 heterocycles. The highest BCUT2D eigenvalue weighted by atomic mass is 16.5. The average Bonchev–Trinajstić information content (AvgIpc) is 2.84. The fourth-order valence-corrected chi connectivity index (χ4v) is 3.99. The van der Waals surface area contributed by atoms with Gasteiger partial charge in [-0.2, -0.15) is 0 Å². The number of fused-ring (bicyclic) bond motifs is 1. The Balaban J connectivity index is 1.62. The number of nitrogens with one attached hydrogen (secondary N) is 1. The molecule has 0 atom stereocenters. The molecular weight excluding hydrogens is 422 g/mol. The van der Waals surface area contributed by atoms with Gasteiger partial charge in [0, 0.05) is 17.5 Å². The lowest BCUT2D eigenvalue weighted by Gasteiger charge is -2.30. The molecule has 0 aliphatic carbocycles. The summed E-state index contributed by atoms with van der Waals surface area (Å²) in [5.41, 5.74) is 2.99. The molecule has 4 nitrogen and oxygen atoms in total. The van der Waals surface area contributed by atoms with E-state index >= 15 is 0 Å². The topological polar surface area (TPSA) is 58.6 Å². The molecule has 0 unspecified atom stereocenters. The molecule has 34 heavy (non-hydrogen) atoms. The van der Waals surface area contributed by atoms with Crippen LogP contribution in [0.1, 0.15) is 82.3 Å². The second-order valence-corrected chi connectivity index (χ2v) is 10.3. The van der Waals surface area contributed by atoms with Gasteiger partial charge in [-0.05, 0) is 53.2 Å². The fourth-order valence-electron chi connectivity index (χ4n) is 3.99. The number of rotatable bonds is 10. The Kier molecular flexibility index (Phi) is 7.91. The van der Waals surface area contributed by atoms with Crippen LogP contribution >= 0.6 is 0 Å². The van der Waals surface area contributed by atoms with Crippen LogP contribution in [0.15, 0.2) is 54.6 Å². The van der Waals surface area contributed by atoms with Crippen molar-refractivity contribution in [2.75, 3.05) is 13.2 Å². The summed E-state index contributed by atoms with van der Waals surface area (Å²) in [5, 5.41) is 15.0. The SMILES string of the molecule is CCC(C)(C)c1ccc(OCCCNC(=O)c2ccc3ccccc3c2O)c(C(C)(C)CC)c1. The van der Waals surface area contributed by atoms with Gasteiger partial charge in [0.25, 0.3) is 5.91 Å². The number of benzene rings is 3. The van der Waals surface area contributed by atoms with Gasteiger partial charge in [0.05, 0.1) is 12.2 Å². The third kappa shape index (κ3) is 5.55. The van der Waals surface area contributed by atoms with Crippen LogP contribution in [0.5, 0.6) is 11.5 Å². The van der Waals surface area contributed by atoms with Gasteiger partial charge in [0.2, 0.25) is 0 Å². The van der Waals surface area contributed by atoms with Crippen molar-refractivity contribution in [3.05, 3.63) is 71.3 Å². The molecular formula is C30H39NO3. The molecule has 0 radical (unpaired) electrons. The van der Waals surface area contributed by atoms with E-state index in [0.29, 0.717) is 30.5 Å². The summed E-state index contributed by atoms with van der Waals surface area (Å²) < 4.78 is 6.19. The first-order valence-electron chi connectivity index (χ1n) is 12.4. The van der Waals surface area contributed by atoms with E-state index in [1.165, 1.54) is 11.1 Å². The molecule has 0 aliphatic rings. The largest absolute Gasteiger partial charge is 0.506 e. The molecule has 182 valence electrons. The number of hydrogen-bond donors (Lipinski definition) is 2. The van der Waals surface area contributed by atoms with Crippen molar-refractivity contribution < 1.29 is 14.6 Å². The Morgan fingerprint density at radius 3 is 2.35 bits per heavy atom. The van der Waals surface area contributed by atoms with Crippen molar-refractivity contribution in [2.45, 2.75) is 71.6 Å².